The Hall–Kier alpha value is -2.72. The molecule has 0 aliphatic carbocycles. The summed E-state index contributed by atoms with van der Waals surface area (Å²) in [5.41, 5.74) is 2.94. The number of hydrogen-bond donors (Lipinski definition) is 1. The Morgan fingerprint density at radius 2 is 1.82 bits per heavy atom. The van der Waals surface area contributed by atoms with Gasteiger partial charge >= 0.3 is 0 Å². The number of aryl methyl sites for hydroxylation is 1. The summed E-state index contributed by atoms with van der Waals surface area (Å²) < 4.78 is 2.01. The van der Waals surface area contributed by atoms with E-state index in [2.05, 4.69) is 65.5 Å². The van der Waals surface area contributed by atoms with Crippen LogP contribution in [0.3, 0.4) is 0 Å². The van der Waals surface area contributed by atoms with E-state index in [0.717, 1.165) is 11.4 Å². The van der Waals surface area contributed by atoms with Crippen molar-refractivity contribution in [1.29, 1.82) is 0 Å². The summed E-state index contributed by atoms with van der Waals surface area (Å²) in [5, 5.41) is 12.6. The summed E-state index contributed by atoms with van der Waals surface area (Å²) in [6.45, 7) is 11.0. The molecule has 176 valence electrons. The lowest BCUT2D eigenvalue weighted by Gasteiger charge is -2.19. The minimum atomic E-state index is -0.209. The third-order valence-electron chi connectivity index (χ3n) is 5.02. The fraction of sp³-hybridized carbons (Fsp3) is 0.435. The number of carbonyl (C=O) groups is 2. The zero-order chi connectivity index (χ0) is 24.3. The molecule has 33 heavy (non-hydrogen) atoms. The third-order valence-corrected chi connectivity index (χ3v) is 7.05. The van der Waals surface area contributed by atoms with Gasteiger partial charge in [0.05, 0.1) is 11.4 Å². The van der Waals surface area contributed by atoms with E-state index < -0.39 is 0 Å². The minimum absolute atomic E-state index is 0.0851. The SMILES string of the molecule is CCn1c(SCC(=O)Nc2nc(C)c(C(=O)N(C)C)s2)nnc1-c1ccc(C(C)(C)C)cc1. The van der Waals surface area contributed by atoms with E-state index in [1.165, 1.54) is 33.6 Å². The van der Waals surface area contributed by atoms with Gasteiger partial charge in [-0.2, -0.15) is 0 Å². The van der Waals surface area contributed by atoms with Gasteiger partial charge in [0.2, 0.25) is 5.91 Å². The molecule has 0 radical (unpaired) electrons. The first-order valence-electron chi connectivity index (χ1n) is 10.7. The molecule has 10 heteroatoms. The zero-order valence-electron chi connectivity index (χ0n) is 20.1. The second kappa shape index (κ2) is 10.0. The molecule has 2 amide bonds. The number of benzene rings is 1. The molecular weight excluding hydrogens is 456 g/mol. The summed E-state index contributed by atoms with van der Waals surface area (Å²) >= 11 is 2.50. The molecule has 0 aliphatic rings. The van der Waals surface area contributed by atoms with Crippen LogP contribution in [0.15, 0.2) is 29.4 Å². The van der Waals surface area contributed by atoms with Gasteiger partial charge in [-0.25, -0.2) is 4.98 Å². The first kappa shape index (κ1) is 24.9. The van der Waals surface area contributed by atoms with E-state index in [1.54, 1.807) is 21.0 Å². The number of aromatic nitrogens is 4. The molecule has 0 aliphatic heterocycles. The van der Waals surface area contributed by atoms with Crippen molar-refractivity contribution >= 4 is 40.0 Å². The lowest BCUT2D eigenvalue weighted by atomic mass is 9.87. The van der Waals surface area contributed by atoms with Gasteiger partial charge in [0.1, 0.15) is 4.88 Å². The fourth-order valence-electron chi connectivity index (χ4n) is 3.15. The molecule has 3 rings (SSSR count). The van der Waals surface area contributed by atoms with Crippen molar-refractivity contribution in [3.63, 3.8) is 0 Å². The highest BCUT2D eigenvalue weighted by Crippen LogP contribution is 2.28. The first-order chi connectivity index (χ1) is 15.5. The van der Waals surface area contributed by atoms with Crippen LogP contribution in [0.5, 0.6) is 0 Å². The van der Waals surface area contributed by atoms with Gasteiger partial charge < -0.3 is 14.8 Å². The second-order valence-electron chi connectivity index (χ2n) is 8.85. The third kappa shape index (κ3) is 5.80. The Morgan fingerprint density at radius 3 is 2.39 bits per heavy atom. The largest absolute Gasteiger partial charge is 0.344 e. The van der Waals surface area contributed by atoms with Crippen LogP contribution >= 0.6 is 23.1 Å². The number of nitrogens with zero attached hydrogens (tertiary/aromatic N) is 5. The first-order valence-corrected chi connectivity index (χ1v) is 12.5. The predicted octanol–water partition coefficient (Wildman–Crippen LogP) is 4.46. The van der Waals surface area contributed by atoms with Crippen molar-refractivity contribution in [2.24, 2.45) is 0 Å². The summed E-state index contributed by atoms with van der Waals surface area (Å²) in [7, 11) is 3.38. The quantitative estimate of drug-likeness (QED) is 0.496. The summed E-state index contributed by atoms with van der Waals surface area (Å²) in [4.78, 5) is 31.0. The molecule has 3 aromatic rings. The average Bonchev–Trinajstić information content (AvgIpc) is 3.33. The molecule has 0 atom stereocenters. The topological polar surface area (TPSA) is 93.0 Å². The van der Waals surface area contributed by atoms with Crippen molar-refractivity contribution in [3.8, 4) is 11.4 Å². The molecule has 0 spiro atoms. The smallest absolute Gasteiger partial charge is 0.265 e. The van der Waals surface area contributed by atoms with Crippen LogP contribution in [-0.2, 0) is 16.8 Å². The van der Waals surface area contributed by atoms with E-state index in [9.17, 15) is 9.59 Å². The average molecular weight is 487 g/mol. The van der Waals surface area contributed by atoms with Crippen molar-refractivity contribution in [3.05, 3.63) is 40.4 Å². The lowest BCUT2D eigenvalue weighted by molar-refractivity contribution is -0.113. The van der Waals surface area contributed by atoms with E-state index in [1.807, 2.05) is 11.5 Å². The molecule has 0 saturated carbocycles. The Morgan fingerprint density at radius 1 is 1.15 bits per heavy atom. The van der Waals surface area contributed by atoms with Crippen LogP contribution in [0, 0.1) is 6.92 Å². The molecule has 2 heterocycles. The number of anilines is 1. The Kier molecular flexibility index (Phi) is 7.58. The number of carbonyl (C=O) groups excluding carboxylic acids is 2. The summed E-state index contributed by atoms with van der Waals surface area (Å²) in [6.07, 6.45) is 0. The molecular formula is C23H30N6O2S2. The Labute approximate surface area is 202 Å². The molecule has 0 unspecified atom stereocenters. The van der Waals surface area contributed by atoms with Gasteiger partial charge in [-0.1, -0.05) is 68.1 Å². The number of amides is 2. The molecule has 0 bridgehead atoms. The number of nitrogens with one attached hydrogen (secondary N) is 1. The van der Waals surface area contributed by atoms with Gasteiger partial charge in [-0.15, -0.1) is 10.2 Å². The van der Waals surface area contributed by atoms with Crippen molar-refractivity contribution in [2.75, 3.05) is 25.2 Å². The summed E-state index contributed by atoms with van der Waals surface area (Å²) in [6, 6.07) is 8.37. The maximum absolute atomic E-state index is 12.5. The molecule has 1 aromatic carbocycles. The van der Waals surface area contributed by atoms with Gasteiger partial charge in [-0.3, -0.25) is 9.59 Å². The van der Waals surface area contributed by atoms with Crippen LogP contribution in [0.1, 0.15) is 48.6 Å². The normalized spacial score (nSPS) is 11.5. The van der Waals surface area contributed by atoms with Crippen LogP contribution in [0.25, 0.3) is 11.4 Å². The van der Waals surface area contributed by atoms with Crippen molar-refractivity contribution < 1.29 is 9.59 Å². The lowest BCUT2D eigenvalue weighted by Crippen LogP contribution is -2.21. The minimum Gasteiger partial charge on any atom is -0.344 e. The number of hydrogen-bond acceptors (Lipinski definition) is 7. The predicted molar refractivity (Wildman–Crippen MR) is 134 cm³/mol. The molecule has 0 fully saturated rings. The summed E-state index contributed by atoms with van der Waals surface area (Å²) in [5.74, 6) is 0.609. The molecule has 1 N–H and O–H groups in total. The molecule has 8 nitrogen and oxygen atoms in total. The standard InChI is InChI=1S/C23H30N6O2S2/c1-8-29-19(15-9-11-16(12-10-15)23(3,4)5)26-27-22(29)32-13-17(30)25-21-24-14(2)18(33-21)20(31)28(6)7/h9-12H,8,13H2,1-7H3,(H,24,25,30). The molecule has 0 saturated heterocycles. The maximum atomic E-state index is 12.5. The zero-order valence-corrected chi connectivity index (χ0v) is 21.7. The fourth-order valence-corrected chi connectivity index (χ4v) is 4.96. The van der Waals surface area contributed by atoms with Crippen LogP contribution < -0.4 is 5.32 Å². The number of thioether (sulfide) groups is 1. The Bertz CT molecular complexity index is 1140. The highest BCUT2D eigenvalue weighted by atomic mass is 32.2. The monoisotopic (exact) mass is 486 g/mol. The van der Waals surface area contributed by atoms with E-state index in [0.29, 0.717) is 27.4 Å². The highest BCUT2D eigenvalue weighted by molar-refractivity contribution is 7.99. The van der Waals surface area contributed by atoms with E-state index >= 15 is 0 Å². The number of rotatable bonds is 7. The highest BCUT2D eigenvalue weighted by Gasteiger charge is 2.20. The second-order valence-corrected chi connectivity index (χ2v) is 10.8. The van der Waals surface area contributed by atoms with Crippen molar-refractivity contribution in [2.45, 2.75) is 51.7 Å². The number of thiazole rings is 1. The van der Waals surface area contributed by atoms with Gasteiger partial charge in [0.15, 0.2) is 16.1 Å². The maximum Gasteiger partial charge on any atom is 0.265 e. The van der Waals surface area contributed by atoms with Crippen molar-refractivity contribution in [1.82, 2.24) is 24.6 Å². The van der Waals surface area contributed by atoms with Crippen LogP contribution in [-0.4, -0.2) is 56.3 Å². The molecule has 2 aromatic heterocycles. The Balaban J connectivity index is 1.68. The van der Waals surface area contributed by atoms with Crippen LogP contribution in [0.2, 0.25) is 0 Å². The van der Waals surface area contributed by atoms with Gasteiger partial charge in [-0.05, 0) is 24.8 Å². The van der Waals surface area contributed by atoms with Gasteiger partial charge in [0, 0.05) is 26.2 Å². The van der Waals surface area contributed by atoms with E-state index in [4.69, 9.17) is 0 Å². The van der Waals surface area contributed by atoms with Crippen LogP contribution in [0.4, 0.5) is 5.13 Å². The van der Waals surface area contributed by atoms with E-state index in [-0.39, 0.29) is 23.0 Å². The van der Waals surface area contributed by atoms with Gasteiger partial charge in [0.25, 0.3) is 5.91 Å².